The number of hydrogen-bond donors (Lipinski definition) is 0. The minimum absolute atomic E-state index is 0.603. The highest BCUT2D eigenvalue weighted by Gasteiger charge is 2.14. The Morgan fingerprint density at radius 2 is 1.50 bits per heavy atom. The van der Waals surface area contributed by atoms with Crippen LogP contribution in [0.3, 0.4) is 0 Å². The van der Waals surface area contributed by atoms with Gasteiger partial charge in [-0.15, -0.1) is 0 Å². The monoisotopic (exact) mass is 327 g/mol. The SMILES string of the molecule is COc1ccc2c(ccn2Cc2cc(OC)c(OC)c(OC)c2)c1. The largest absolute Gasteiger partial charge is 0.497 e. The van der Waals surface area contributed by atoms with Crippen LogP contribution in [0.15, 0.2) is 42.6 Å². The van der Waals surface area contributed by atoms with Crippen molar-refractivity contribution < 1.29 is 18.9 Å². The lowest BCUT2D eigenvalue weighted by molar-refractivity contribution is 0.323. The van der Waals surface area contributed by atoms with E-state index < -0.39 is 0 Å². The van der Waals surface area contributed by atoms with Crippen molar-refractivity contribution >= 4 is 10.9 Å². The second-order valence-electron chi connectivity index (χ2n) is 5.40. The van der Waals surface area contributed by atoms with Gasteiger partial charge in [0.05, 0.1) is 28.4 Å². The van der Waals surface area contributed by atoms with Gasteiger partial charge >= 0.3 is 0 Å². The Labute approximate surface area is 141 Å². The van der Waals surface area contributed by atoms with Gasteiger partial charge in [0.1, 0.15) is 5.75 Å². The number of nitrogens with zero attached hydrogens (tertiary/aromatic N) is 1. The number of ether oxygens (including phenoxy) is 4. The van der Waals surface area contributed by atoms with E-state index in [1.54, 1.807) is 28.4 Å². The minimum Gasteiger partial charge on any atom is -0.497 e. The maximum atomic E-state index is 5.43. The second-order valence-corrected chi connectivity index (χ2v) is 5.40. The van der Waals surface area contributed by atoms with Gasteiger partial charge in [0.15, 0.2) is 11.5 Å². The van der Waals surface area contributed by atoms with Crippen LogP contribution >= 0.6 is 0 Å². The molecule has 0 aliphatic rings. The predicted molar refractivity (Wildman–Crippen MR) is 93.7 cm³/mol. The van der Waals surface area contributed by atoms with Crippen LogP contribution in [0.25, 0.3) is 10.9 Å². The Hall–Kier alpha value is -2.82. The Morgan fingerprint density at radius 3 is 2.08 bits per heavy atom. The van der Waals surface area contributed by atoms with Gasteiger partial charge < -0.3 is 23.5 Å². The molecule has 3 rings (SSSR count). The van der Waals surface area contributed by atoms with Gasteiger partial charge in [-0.2, -0.15) is 0 Å². The third-order valence-electron chi connectivity index (χ3n) is 4.06. The number of hydrogen-bond acceptors (Lipinski definition) is 4. The summed E-state index contributed by atoms with van der Waals surface area (Å²) in [6.07, 6.45) is 2.06. The van der Waals surface area contributed by atoms with Gasteiger partial charge in [0.2, 0.25) is 5.75 Å². The molecule has 1 aromatic heterocycles. The fourth-order valence-corrected chi connectivity index (χ4v) is 2.87. The normalized spacial score (nSPS) is 10.7. The van der Waals surface area contributed by atoms with Crippen LogP contribution in [0.4, 0.5) is 0 Å². The summed E-state index contributed by atoms with van der Waals surface area (Å²) < 4.78 is 23.7. The molecular weight excluding hydrogens is 306 g/mol. The maximum absolute atomic E-state index is 5.43. The summed E-state index contributed by atoms with van der Waals surface area (Å²) in [7, 11) is 6.53. The number of aromatic nitrogens is 1. The number of benzene rings is 2. The summed E-state index contributed by atoms with van der Waals surface area (Å²) >= 11 is 0. The molecule has 0 saturated carbocycles. The topological polar surface area (TPSA) is 41.9 Å². The Kier molecular flexibility index (Phi) is 4.51. The zero-order valence-electron chi connectivity index (χ0n) is 14.3. The molecule has 0 amide bonds. The summed E-state index contributed by atoms with van der Waals surface area (Å²) in [5.74, 6) is 2.77. The lowest BCUT2D eigenvalue weighted by atomic mass is 10.1. The smallest absolute Gasteiger partial charge is 0.203 e. The van der Waals surface area contributed by atoms with E-state index in [1.807, 2.05) is 24.3 Å². The molecule has 5 heteroatoms. The van der Waals surface area contributed by atoms with E-state index in [9.17, 15) is 0 Å². The second kappa shape index (κ2) is 6.74. The molecule has 0 radical (unpaired) electrons. The summed E-state index contributed by atoms with van der Waals surface area (Å²) in [6, 6.07) is 12.1. The molecule has 24 heavy (non-hydrogen) atoms. The molecule has 0 aliphatic carbocycles. The first-order chi connectivity index (χ1) is 11.7. The molecule has 0 spiro atoms. The lowest BCUT2D eigenvalue weighted by Crippen LogP contribution is -2.01. The third-order valence-corrected chi connectivity index (χ3v) is 4.06. The van der Waals surface area contributed by atoms with E-state index in [0.717, 1.165) is 22.2 Å². The fourth-order valence-electron chi connectivity index (χ4n) is 2.87. The molecule has 1 heterocycles. The van der Waals surface area contributed by atoms with E-state index in [2.05, 4.69) is 22.9 Å². The van der Waals surface area contributed by atoms with Crippen molar-refractivity contribution in [3.8, 4) is 23.0 Å². The third kappa shape index (κ3) is 2.85. The Bertz CT molecular complexity index is 829. The van der Waals surface area contributed by atoms with Crippen LogP contribution in [0.1, 0.15) is 5.56 Å². The number of methoxy groups -OCH3 is 4. The number of rotatable bonds is 6. The van der Waals surface area contributed by atoms with Gasteiger partial charge in [-0.25, -0.2) is 0 Å². The maximum Gasteiger partial charge on any atom is 0.203 e. The van der Waals surface area contributed by atoms with E-state index in [1.165, 1.54) is 0 Å². The molecule has 0 bridgehead atoms. The highest BCUT2D eigenvalue weighted by atomic mass is 16.5. The molecule has 0 fully saturated rings. The first kappa shape index (κ1) is 16.1. The molecule has 0 atom stereocenters. The summed E-state index contributed by atoms with van der Waals surface area (Å²) in [5, 5.41) is 1.14. The van der Waals surface area contributed by atoms with Crippen molar-refractivity contribution in [3.63, 3.8) is 0 Å². The Morgan fingerprint density at radius 1 is 0.792 bits per heavy atom. The molecule has 0 unspecified atom stereocenters. The van der Waals surface area contributed by atoms with E-state index in [4.69, 9.17) is 18.9 Å². The molecule has 0 aliphatic heterocycles. The Balaban J connectivity index is 1.99. The lowest BCUT2D eigenvalue weighted by Gasteiger charge is -2.15. The van der Waals surface area contributed by atoms with E-state index >= 15 is 0 Å². The van der Waals surface area contributed by atoms with Crippen LogP contribution in [-0.2, 0) is 6.54 Å². The van der Waals surface area contributed by atoms with Crippen LogP contribution in [-0.4, -0.2) is 33.0 Å². The quantitative estimate of drug-likeness (QED) is 0.692. The molecular formula is C19H21NO4. The van der Waals surface area contributed by atoms with Gasteiger partial charge in [0.25, 0.3) is 0 Å². The molecule has 2 aromatic carbocycles. The van der Waals surface area contributed by atoms with Gasteiger partial charge in [-0.1, -0.05) is 0 Å². The average Bonchev–Trinajstić information content (AvgIpc) is 3.02. The predicted octanol–water partition coefficient (Wildman–Crippen LogP) is 3.72. The molecule has 126 valence electrons. The summed E-state index contributed by atoms with van der Waals surface area (Å²) in [4.78, 5) is 0. The minimum atomic E-state index is 0.603. The van der Waals surface area contributed by atoms with Crippen molar-refractivity contribution in [2.24, 2.45) is 0 Å². The number of fused-ring (bicyclic) bond motifs is 1. The van der Waals surface area contributed by atoms with Gasteiger partial charge in [-0.3, -0.25) is 0 Å². The highest BCUT2D eigenvalue weighted by molar-refractivity contribution is 5.81. The molecule has 5 nitrogen and oxygen atoms in total. The zero-order valence-corrected chi connectivity index (χ0v) is 14.3. The zero-order chi connectivity index (χ0) is 17.1. The van der Waals surface area contributed by atoms with E-state index in [0.29, 0.717) is 23.8 Å². The van der Waals surface area contributed by atoms with Crippen molar-refractivity contribution in [2.75, 3.05) is 28.4 Å². The summed E-state index contributed by atoms with van der Waals surface area (Å²) in [5.41, 5.74) is 2.21. The molecule has 0 saturated heterocycles. The van der Waals surface area contributed by atoms with Crippen molar-refractivity contribution in [3.05, 3.63) is 48.2 Å². The van der Waals surface area contributed by atoms with Crippen molar-refractivity contribution in [2.45, 2.75) is 6.54 Å². The van der Waals surface area contributed by atoms with Crippen LogP contribution < -0.4 is 18.9 Å². The van der Waals surface area contributed by atoms with Gasteiger partial charge in [-0.05, 0) is 42.0 Å². The van der Waals surface area contributed by atoms with Crippen molar-refractivity contribution in [1.82, 2.24) is 4.57 Å². The molecule has 0 N–H and O–H groups in total. The highest BCUT2D eigenvalue weighted by Crippen LogP contribution is 2.38. The van der Waals surface area contributed by atoms with Crippen molar-refractivity contribution in [1.29, 1.82) is 0 Å². The first-order valence-electron chi connectivity index (χ1n) is 7.62. The standard InChI is InChI=1S/C19H21NO4/c1-21-15-5-6-16-14(11-15)7-8-20(16)12-13-9-17(22-2)19(24-4)18(10-13)23-3/h5-11H,12H2,1-4H3. The first-order valence-corrected chi connectivity index (χ1v) is 7.62. The fraction of sp³-hybridized carbons (Fsp3) is 0.263. The summed E-state index contributed by atoms with van der Waals surface area (Å²) in [6.45, 7) is 0.701. The average molecular weight is 327 g/mol. The van der Waals surface area contributed by atoms with Gasteiger partial charge in [0, 0.05) is 23.6 Å². The molecule has 3 aromatic rings. The van der Waals surface area contributed by atoms with E-state index in [-0.39, 0.29) is 0 Å². The van der Waals surface area contributed by atoms with Crippen LogP contribution in [0.5, 0.6) is 23.0 Å². The van der Waals surface area contributed by atoms with Crippen LogP contribution in [0, 0.1) is 0 Å². The van der Waals surface area contributed by atoms with Crippen LogP contribution in [0.2, 0.25) is 0 Å².